The molecule has 6 nitrogen and oxygen atoms in total. The second-order valence-electron chi connectivity index (χ2n) is 9.63. The number of hydrogen-bond donors (Lipinski definition) is 6. The molecule has 33 heavy (non-hydrogen) atoms. The van der Waals surface area contributed by atoms with Gasteiger partial charge in [-0.15, -0.1) is 0 Å². The zero-order chi connectivity index (χ0) is 23.9. The van der Waals surface area contributed by atoms with E-state index in [4.69, 9.17) is 5.73 Å². The number of nitrogens with two attached hydrogens (primary N) is 1. The zero-order valence-electron chi connectivity index (χ0n) is 19.7. The van der Waals surface area contributed by atoms with Crippen LogP contribution in [-0.4, -0.2) is 40.6 Å². The van der Waals surface area contributed by atoms with Gasteiger partial charge in [-0.1, -0.05) is 49.9 Å². The molecule has 0 bridgehead atoms. The summed E-state index contributed by atoms with van der Waals surface area (Å²) in [6.45, 7) is 1.30. The van der Waals surface area contributed by atoms with E-state index in [1.165, 1.54) is 6.42 Å². The smallest absolute Gasteiger partial charge is 0.115 e. The van der Waals surface area contributed by atoms with Crippen LogP contribution in [-0.2, 0) is 11.2 Å². The van der Waals surface area contributed by atoms with E-state index in [1.54, 1.807) is 36.4 Å². The van der Waals surface area contributed by atoms with Crippen molar-refractivity contribution in [2.75, 3.05) is 20.1 Å². The number of phenolic OH excluding ortho intramolecular Hbond substituents is 2. The number of aliphatic hydroxyl groups is 2. The number of benzene rings is 2. The minimum Gasteiger partial charge on any atom is -0.508 e. The molecule has 2 aliphatic rings. The molecule has 4 rings (SSSR count). The van der Waals surface area contributed by atoms with Crippen molar-refractivity contribution in [3.05, 3.63) is 59.7 Å². The molecule has 2 aliphatic carbocycles. The number of nitrogens with one attached hydrogen (secondary N) is 1. The predicted octanol–water partition coefficient (Wildman–Crippen LogP) is 3.72. The van der Waals surface area contributed by atoms with Gasteiger partial charge >= 0.3 is 0 Å². The lowest BCUT2D eigenvalue weighted by Crippen LogP contribution is -2.42. The van der Waals surface area contributed by atoms with Gasteiger partial charge in [-0.25, -0.2) is 0 Å². The summed E-state index contributed by atoms with van der Waals surface area (Å²) in [5.41, 5.74) is 5.72. The van der Waals surface area contributed by atoms with Crippen molar-refractivity contribution in [2.24, 2.45) is 17.6 Å². The fourth-order valence-electron chi connectivity index (χ4n) is 5.60. The minimum atomic E-state index is -0.855. The van der Waals surface area contributed by atoms with E-state index in [0.717, 1.165) is 62.6 Å². The maximum atomic E-state index is 10.9. The Labute approximate surface area is 197 Å². The molecular weight excluding hydrogens is 416 g/mol. The highest BCUT2D eigenvalue weighted by Gasteiger charge is 2.40. The van der Waals surface area contributed by atoms with Gasteiger partial charge in [-0.05, 0) is 74.7 Å². The number of rotatable bonds is 5. The molecular formula is C27H40N2O4. The molecule has 2 aromatic rings. The van der Waals surface area contributed by atoms with Crippen molar-refractivity contribution < 1.29 is 20.4 Å². The third-order valence-corrected chi connectivity index (χ3v) is 7.50. The Morgan fingerprint density at radius 2 is 1.30 bits per heavy atom. The van der Waals surface area contributed by atoms with Gasteiger partial charge in [-0.2, -0.15) is 0 Å². The molecule has 6 heteroatoms. The Balaban J connectivity index is 0.000000186. The summed E-state index contributed by atoms with van der Waals surface area (Å²) in [7, 11) is 1.91. The number of phenols is 2. The standard InChI is InChI=1S/C14H21NO2.C13H19NO2/c1-15-10-12-5-2-3-8-14(12,17)11-6-4-7-13(16)9-11;14-9-11-4-1-2-7-13(11,16)10-5-3-6-12(15)8-10/h4,6-7,9,12,15-17H,2-3,5,8,10H2,1H3;3,5-6,8,11,15-16H,1-2,4,7,9,14H2. The molecule has 4 atom stereocenters. The van der Waals surface area contributed by atoms with Crippen LogP contribution in [0.25, 0.3) is 0 Å². The Kier molecular flexibility index (Phi) is 8.76. The normalized spacial score (nSPS) is 29.7. The highest BCUT2D eigenvalue weighted by molar-refractivity contribution is 5.33. The van der Waals surface area contributed by atoms with E-state index in [2.05, 4.69) is 5.32 Å². The topological polar surface area (TPSA) is 119 Å². The fraction of sp³-hybridized carbons (Fsp3) is 0.556. The molecule has 0 aliphatic heterocycles. The molecule has 182 valence electrons. The van der Waals surface area contributed by atoms with Gasteiger partial charge in [0, 0.05) is 18.4 Å². The van der Waals surface area contributed by atoms with Crippen molar-refractivity contribution in [1.29, 1.82) is 0 Å². The van der Waals surface area contributed by atoms with E-state index in [9.17, 15) is 20.4 Å². The van der Waals surface area contributed by atoms with Crippen LogP contribution in [0.4, 0.5) is 0 Å². The summed E-state index contributed by atoms with van der Waals surface area (Å²) < 4.78 is 0. The number of aromatic hydroxyl groups is 2. The lowest BCUT2D eigenvalue weighted by atomic mass is 9.71. The van der Waals surface area contributed by atoms with Crippen LogP contribution in [0.1, 0.15) is 62.5 Å². The molecule has 7 N–H and O–H groups in total. The first-order valence-electron chi connectivity index (χ1n) is 12.2. The first-order chi connectivity index (χ1) is 15.8. The zero-order valence-corrected chi connectivity index (χ0v) is 19.7. The van der Waals surface area contributed by atoms with Crippen LogP contribution < -0.4 is 11.1 Å². The maximum Gasteiger partial charge on any atom is 0.115 e. The molecule has 2 aromatic carbocycles. The van der Waals surface area contributed by atoms with Crippen molar-refractivity contribution in [3.8, 4) is 11.5 Å². The van der Waals surface area contributed by atoms with Crippen molar-refractivity contribution in [2.45, 2.75) is 62.6 Å². The largest absolute Gasteiger partial charge is 0.508 e. The molecule has 2 fully saturated rings. The summed E-state index contributed by atoms with van der Waals surface area (Å²) in [4.78, 5) is 0. The summed E-state index contributed by atoms with van der Waals surface area (Å²) in [5.74, 6) is 0.753. The van der Waals surface area contributed by atoms with Crippen LogP contribution in [0.3, 0.4) is 0 Å². The molecule has 0 spiro atoms. The van der Waals surface area contributed by atoms with E-state index in [-0.39, 0.29) is 23.3 Å². The Morgan fingerprint density at radius 3 is 1.76 bits per heavy atom. The second kappa shape index (κ2) is 11.3. The average molecular weight is 457 g/mol. The summed E-state index contributed by atoms with van der Waals surface area (Å²) in [6, 6.07) is 13.9. The summed E-state index contributed by atoms with van der Waals surface area (Å²) in [6.07, 6.45) is 7.88. The Morgan fingerprint density at radius 1 is 0.818 bits per heavy atom. The first-order valence-corrected chi connectivity index (χ1v) is 12.2. The molecule has 0 amide bonds. The van der Waals surface area contributed by atoms with Crippen molar-refractivity contribution in [1.82, 2.24) is 5.32 Å². The van der Waals surface area contributed by atoms with Gasteiger partial charge in [0.15, 0.2) is 0 Å². The van der Waals surface area contributed by atoms with Gasteiger partial charge in [0.05, 0.1) is 11.2 Å². The third kappa shape index (κ3) is 5.87. The van der Waals surface area contributed by atoms with Crippen molar-refractivity contribution in [3.63, 3.8) is 0 Å². The third-order valence-electron chi connectivity index (χ3n) is 7.50. The molecule has 4 unspecified atom stereocenters. The summed E-state index contributed by atoms with van der Waals surface area (Å²) >= 11 is 0. The van der Waals surface area contributed by atoms with Crippen LogP contribution in [0.15, 0.2) is 48.5 Å². The van der Waals surface area contributed by atoms with Gasteiger partial charge in [0.1, 0.15) is 11.5 Å². The number of hydrogen-bond acceptors (Lipinski definition) is 6. The van der Waals surface area contributed by atoms with Crippen LogP contribution in [0, 0.1) is 11.8 Å². The monoisotopic (exact) mass is 456 g/mol. The molecule has 0 heterocycles. The Bertz CT molecular complexity index is 890. The molecule has 0 saturated heterocycles. The quantitative estimate of drug-likeness (QED) is 0.408. The van der Waals surface area contributed by atoms with Gasteiger partial charge < -0.3 is 31.5 Å². The second-order valence-corrected chi connectivity index (χ2v) is 9.63. The summed E-state index contributed by atoms with van der Waals surface area (Å²) in [5, 5.41) is 43.8. The molecule has 0 aromatic heterocycles. The first kappa shape index (κ1) is 25.5. The van der Waals surface area contributed by atoms with Gasteiger partial charge in [0.2, 0.25) is 0 Å². The average Bonchev–Trinajstić information content (AvgIpc) is 2.81. The van der Waals surface area contributed by atoms with E-state index in [1.807, 2.05) is 19.2 Å². The van der Waals surface area contributed by atoms with Gasteiger partial charge in [0.25, 0.3) is 0 Å². The molecule has 0 radical (unpaired) electrons. The van der Waals surface area contributed by atoms with Crippen LogP contribution >= 0.6 is 0 Å². The molecule has 2 saturated carbocycles. The highest BCUT2D eigenvalue weighted by Crippen LogP contribution is 2.43. The lowest BCUT2D eigenvalue weighted by molar-refractivity contribution is -0.0531. The van der Waals surface area contributed by atoms with Crippen LogP contribution in [0.5, 0.6) is 11.5 Å². The fourth-order valence-corrected chi connectivity index (χ4v) is 5.60. The van der Waals surface area contributed by atoms with Gasteiger partial charge in [-0.3, -0.25) is 0 Å². The van der Waals surface area contributed by atoms with Crippen LogP contribution in [0.2, 0.25) is 0 Å². The van der Waals surface area contributed by atoms with E-state index in [0.29, 0.717) is 6.54 Å². The lowest BCUT2D eigenvalue weighted by Gasteiger charge is -2.40. The minimum absolute atomic E-state index is 0.100. The van der Waals surface area contributed by atoms with Crippen molar-refractivity contribution >= 4 is 0 Å². The van der Waals surface area contributed by atoms with E-state index < -0.39 is 11.2 Å². The maximum absolute atomic E-state index is 10.9. The highest BCUT2D eigenvalue weighted by atomic mass is 16.3. The Hall–Kier alpha value is -2.12. The SMILES string of the molecule is CNCC1CCCCC1(O)c1cccc(O)c1.NCC1CCCCC1(O)c1cccc(O)c1. The predicted molar refractivity (Wildman–Crippen MR) is 131 cm³/mol. The van der Waals surface area contributed by atoms with E-state index >= 15 is 0 Å².